The zero-order valence-electron chi connectivity index (χ0n) is 9.23. The van der Waals surface area contributed by atoms with Gasteiger partial charge in [0, 0.05) is 17.3 Å². The number of carbonyl (C=O) groups excluding carboxylic acids is 1. The third-order valence-corrected chi connectivity index (χ3v) is 3.81. The molecular weight excluding hydrogens is 284 g/mol. The number of aliphatic carboxylic acids is 1. The number of hydrogen-bond donors (Lipinski definition) is 1. The molecule has 0 bridgehead atoms. The fraction of sp³-hybridized carbons (Fsp3) is 0.385. The van der Waals surface area contributed by atoms with Crippen molar-refractivity contribution in [3.8, 4) is 0 Å². The van der Waals surface area contributed by atoms with Gasteiger partial charge in [-0.25, -0.2) is 0 Å². The molecule has 1 aliphatic carbocycles. The molecule has 1 aromatic carbocycles. The minimum Gasteiger partial charge on any atom is -0.481 e. The second-order valence-electron chi connectivity index (χ2n) is 4.38. The van der Waals surface area contributed by atoms with Gasteiger partial charge in [-0.1, -0.05) is 28.1 Å². The smallest absolute Gasteiger partial charge is 0.307 e. The molecule has 0 radical (unpaired) electrons. The van der Waals surface area contributed by atoms with Crippen molar-refractivity contribution in [1.82, 2.24) is 0 Å². The Morgan fingerprint density at radius 1 is 1.29 bits per heavy atom. The second kappa shape index (κ2) is 5.00. The van der Waals surface area contributed by atoms with Crippen LogP contribution in [0.2, 0.25) is 0 Å². The molecule has 0 amide bonds. The molecular formula is C13H13BrO3. The Labute approximate surface area is 108 Å². The highest BCUT2D eigenvalue weighted by Gasteiger charge is 2.35. The normalized spacial score (nSPS) is 24.6. The van der Waals surface area contributed by atoms with Gasteiger partial charge < -0.3 is 5.11 Å². The summed E-state index contributed by atoms with van der Waals surface area (Å²) in [5.41, 5.74) is 1.01. The Hall–Kier alpha value is -1.16. The lowest BCUT2D eigenvalue weighted by Crippen LogP contribution is -2.29. The SMILES string of the molecule is O=C1CC[C@@H](c2ccc(Br)cc2)[C@H](C(=O)O)C1. The van der Waals surface area contributed by atoms with Crippen LogP contribution in [0.3, 0.4) is 0 Å². The van der Waals surface area contributed by atoms with E-state index in [4.69, 9.17) is 0 Å². The number of halogens is 1. The topological polar surface area (TPSA) is 54.4 Å². The first kappa shape index (κ1) is 12.3. The van der Waals surface area contributed by atoms with Crippen molar-refractivity contribution in [2.24, 2.45) is 5.92 Å². The monoisotopic (exact) mass is 296 g/mol. The fourth-order valence-corrected chi connectivity index (χ4v) is 2.64. The van der Waals surface area contributed by atoms with E-state index in [0.29, 0.717) is 12.8 Å². The molecule has 0 spiro atoms. The quantitative estimate of drug-likeness (QED) is 0.913. The van der Waals surface area contributed by atoms with Gasteiger partial charge in [0.25, 0.3) is 0 Å². The van der Waals surface area contributed by atoms with Crippen molar-refractivity contribution in [1.29, 1.82) is 0 Å². The largest absolute Gasteiger partial charge is 0.481 e. The molecule has 3 nitrogen and oxygen atoms in total. The zero-order chi connectivity index (χ0) is 12.4. The van der Waals surface area contributed by atoms with E-state index in [1.807, 2.05) is 24.3 Å². The minimum absolute atomic E-state index is 0.0432. The summed E-state index contributed by atoms with van der Waals surface area (Å²) in [5.74, 6) is -1.42. The summed E-state index contributed by atoms with van der Waals surface area (Å²) in [5, 5.41) is 9.18. The van der Waals surface area contributed by atoms with Gasteiger partial charge in [0.05, 0.1) is 5.92 Å². The molecule has 0 unspecified atom stereocenters. The first-order valence-corrected chi connectivity index (χ1v) is 6.37. The van der Waals surface area contributed by atoms with E-state index < -0.39 is 11.9 Å². The molecule has 1 fully saturated rings. The van der Waals surface area contributed by atoms with Gasteiger partial charge >= 0.3 is 5.97 Å². The number of ketones is 1. The minimum atomic E-state index is -0.869. The third-order valence-electron chi connectivity index (χ3n) is 3.28. The van der Waals surface area contributed by atoms with E-state index in [1.165, 1.54) is 0 Å². The molecule has 2 atom stereocenters. The first-order chi connectivity index (χ1) is 8.08. The zero-order valence-corrected chi connectivity index (χ0v) is 10.8. The number of hydrogen-bond acceptors (Lipinski definition) is 2. The van der Waals surface area contributed by atoms with Crippen molar-refractivity contribution in [2.75, 3.05) is 0 Å². The van der Waals surface area contributed by atoms with Gasteiger partial charge in [-0.2, -0.15) is 0 Å². The number of carboxylic acid groups (broad SMARTS) is 1. The Bertz CT molecular complexity index is 438. The molecule has 0 heterocycles. The Balaban J connectivity index is 2.26. The number of carbonyl (C=O) groups is 2. The van der Waals surface area contributed by atoms with Gasteiger partial charge in [-0.15, -0.1) is 0 Å². The maximum absolute atomic E-state index is 11.3. The summed E-state index contributed by atoms with van der Waals surface area (Å²) in [6.07, 6.45) is 1.29. The second-order valence-corrected chi connectivity index (χ2v) is 5.30. The molecule has 1 N–H and O–H groups in total. The van der Waals surface area contributed by atoms with Crippen LogP contribution in [0.5, 0.6) is 0 Å². The molecule has 1 aliphatic rings. The van der Waals surface area contributed by atoms with Crippen LogP contribution in [-0.2, 0) is 9.59 Å². The first-order valence-electron chi connectivity index (χ1n) is 5.58. The number of Topliss-reactive ketones (excluding diaryl/α,β-unsaturated/α-hetero) is 1. The van der Waals surface area contributed by atoms with Gasteiger partial charge in [0.2, 0.25) is 0 Å². The maximum atomic E-state index is 11.3. The van der Waals surface area contributed by atoms with Crippen molar-refractivity contribution >= 4 is 27.7 Å². The molecule has 90 valence electrons. The lowest BCUT2D eigenvalue weighted by Gasteiger charge is -2.28. The van der Waals surface area contributed by atoms with E-state index in [1.54, 1.807) is 0 Å². The average Bonchev–Trinajstić information content (AvgIpc) is 2.30. The third kappa shape index (κ3) is 2.75. The van der Waals surface area contributed by atoms with E-state index in [-0.39, 0.29) is 18.1 Å². The average molecular weight is 297 g/mol. The predicted octanol–water partition coefficient (Wildman–Crippen LogP) is 2.99. The van der Waals surface area contributed by atoms with E-state index in [9.17, 15) is 14.7 Å². The van der Waals surface area contributed by atoms with Crippen LogP contribution in [0.4, 0.5) is 0 Å². The molecule has 1 saturated carbocycles. The van der Waals surface area contributed by atoms with Crippen LogP contribution in [0.25, 0.3) is 0 Å². The van der Waals surface area contributed by atoms with Crippen LogP contribution in [0, 0.1) is 5.92 Å². The Morgan fingerprint density at radius 2 is 1.94 bits per heavy atom. The summed E-state index contributed by atoms with van der Waals surface area (Å²) in [6, 6.07) is 7.68. The highest BCUT2D eigenvalue weighted by molar-refractivity contribution is 9.10. The summed E-state index contributed by atoms with van der Waals surface area (Å²) < 4.78 is 0.972. The Morgan fingerprint density at radius 3 is 2.53 bits per heavy atom. The molecule has 0 saturated heterocycles. The molecule has 0 aromatic heterocycles. The Kier molecular flexibility index (Phi) is 3.62. The highest BCUT2D eigenvalue weighted by Crippen LogP contribution is 2.36. The van der Waals surface area contributed by atoms with E-state index >= 15 is 0 Å². The summed E-state index contributed by atoms with van der Waals surface area (Å²) in [7, 11) is 0. The van der Waals surface area contributed by atoms with Crippen molar-refractivity contribution in [3.63, 3.8) is 0 Å². The van der Waals surface area contributed by atoms with Crippen LogP contribution < -0.4 is 0 Å². The summed E-state index contributed by atoms with van der Waals surface area (Å²) in [4.78, 5) is 22.5. The van der Waals surface area contributed by atoms with Crippen LogP contribution in [-0.4, -0.2) is 16.9 Å². The van der Waals surface area contributed by atoms with Gasteiger partial charge in [-0.05, 0) is 30.0 Å². The molecule has 1 aromatic rings. The summed E-state index contributed by atoms with van der Waals surface area (Å²) in [6.45, 7) is 0. The van der Waals surface area contributed by atoms with Crippen LogP contribution in [0.1, 0.15) is 30.7 Å². The molecule has 4 heteroatoms. The standard InChI is InChI=1S/C13H13BrO3/c14-9-3-1-8(2-4-9)11-6-5-10(15)7-12(11)13(16)17/h1-4,11-12H,5-7H2,(H,16,17)/t11-,12+/m0/s1. The van der Waals surface area contributed by atoms with E-state index in [2.05, 4.69) is 15.9 Å². The molecule has 2 rings (SSSR count). The molecule has 0 aliphatic heterocycles. The van der Waals surface area contributed by atoms with Crippen molar-refractivity contribution < 1.29 is 14.7 Å². The number of carboxylic acids is 1. The van der Waals surface area contributed by atoms with Crippen molar-refractivity contribution in [3.05, 3.63) is 34.3 Å². The van der Waals surface area contributed by atoms with Gasteiger partial charge in [0.15, 0.2) is 0 Å². The van der Waals surface area contributed by atoms with Crippen molar-refractivity contribution in [2.45, 2.75) is 25.2 Å². The maximum Gasteiger partial charge on any atom is 0.307 e. The van der Waals surface area contributed by atoms with Crippen LogP contribution >= 0.6 is 15.9 Å². The lowest BCUT2D eigenvalue weighted by atomic mass is 9.75. The van der Waals surface area contributed by atoms with E-state index in [0.717, 1.165) is 10.0 Å². The number of rotatable bonds is 2. The highest BCUT2D eigenvalue weighted by atomic mass is 79.9. The fourth-order valence-electron chi connectivity index (χ4n) is 2.38. The molecule has 17 heavy (non-hydrogen) atoms. The van der Waals surface area contributed by atoms with Gasteiger partial charge in [0.1, 0.15) is 5.78 Å². The number of benzene rings is 1. The summed E-state index contributed by atoms with van der Waals surface area (Å²) >= 11 is 3.35. The predicted molar refractivity (Wildman–Crippen MR) is 66.9 cm³/mol. The van der Waals surface area contributed by atoms with Gasteiger partial charge in [-0.3, -0.25) is 9.59 Å². The lowest BCUT2D eigenvalue weighted by molar-refractivity contribution is -0.146. The van der Waals surface area contributed by atoms with Crippen LogP contribution in [0.15, 0.2) is 28.7 Å².